The van der Waals surface area contributed by atoms with Gasteiger partial charge in [-0.3, -0.25) is 14.3 Å². The van der Waals surface area contributed by atoms with E-state index in [4.69, 9.17) is 0 Å². The molecular weight excluding hydrogens is 458 g/mol. The number of nitrogens with one attached hydrogen (secondary N) is 1. The van der Waals surface area contributed by atoms with E-state index >= 15 is 0 Å². The van der Waals surface area contributed by atoms with Gasteiger partial charge in [-0.25, -0.2) is 8.42 Å². The Morgan fingerprint density at radius 1 is 0.848 bits per heavy atom. The van der Waals surface area contributed by atoms with Crippen LogP contribution in [0.3, 0.4) is 0 Å². The number of aryl methyl sites for hydroxylation is 2. The molecule has 0 radical (unpaired) electrons. The highest BCUT2D eigenvalue weighted by Crippen LogP contribution is 2.21. The fraction of sp³-hybridized carbons (Fsp3) is 0.250. The van der Waals surface area contributed by atoms with Crippen LogP contribution in [0, 0.1) is 13.8 Å². The SMILES string of the molecule is Cc1ccc(NS(=O)(=O)c2cccc(C(=O)N3CCN(C(=O)c4ccc(C)s4)CC3)c2)cc1. The first-order chi connectivity index (χ1) is 15.7. The van der Waals surface area contributed by atoms with Gasteiger partial charge in [-0.1, -0.05) is 23.8 Å². The number of benzene rings is 2. The molecule has 0 atom stereocenters. The second-order valence-electron chi connectivity index (χ2n) is 7.99. The number of hydrogen-bond acceptors (Lipinski definition) is 5. The molecule has 1 aliphatic rings. The predicted molar refractivity (Wildman–Crippen MR) is 129 cm³/mol. The molecule has 7 nitrogen and oxygen atoms in total. The van der Waals surface area contributed by atoms with E-state index in [1.165, 1.54) is 23.5 Å². The molecule has 3 aromatic rings. The molecule has 172 valence electrons. The number of carbonyl (C=O) groups excluding carboxylic acids is 2. The summed E-state index contributed by atoms with van der Waals surface area (Å²) < 4.78 is 28.2. The molecule has 0 unspecified atom stereocenters. The molecule has 2 aromatic carbocycles. The van der Waals surface area contributed by atoms with Crippen molar-refractivity contribution < 1.29 is 18.0 Å². The minimum Gasteiger partial charge on any atom is -0.335 e. The first kappa shape index (κ1) is 23.0. The lowest BCUT2D eigenvalue weighted by Gasteiger charge is -2.34. The molecule has 0 saturated carbocycles. The fourth-order valence-corrected chi connectivity index (χ4v) is 5.57. The van der Waals surface area contributed by atoms with Crippen LogP contribution in [0.15, 0.2) is 65.6 Å². The molecule has 0 spiro atoms. The van der Waals surface area contributed by atoms with Gasteiger partial charge >= 0.3 is 0 Å². The number of hydrogen-bond donors (Lipinski definition) is 1. The van der Waals surface area contributed by atoms with Crippen LogP contribution in [-0.2, 0) is 10.0 Å². The summed E-state index contributed by atoms with van der Waals surface area (Å²) in [6.45, 7) is 5.55. The molecule has 0 aliphatic carbocycles. The lowest BCUT2D eigenvalue weighted by atomic mass is 10.2. The minimum atomic E-state index is -3.83. The van der Waals surface area contributed by atoms with Crippen molar-refractivity contribution in [3.05, 3.63) is 81.5 Å². The van der Waals surface area contributed by atoms with Crippen molar-refractivity contribution >= 4 is 38.9 Å². The van der Waals surface area contributed by atoms with E-state index in [1.54, 1.807) is 34.1 Å². The van der Waals surface area contributed by atoms with E-state index in [0.29, 0.717) is 42.3 Å². The molecule has 1 aromatic heterocycles. The monoisotopic (exact) mass is 483 g/mol. The zero-order chi connectivity index (χ0) is 23.6. The molecule has 1 saturated heterocycles. The Morgan fingerprint density at radius 2 is 1.48 bits per heavy atom. The Morgan fingerprint density at radius 3 is 2.09 bits per heavy atom. The number of amides is 2. The summed E-state index contributed by atoms with van der Waals surface area (Å²) in [6.07, 6.45) is 0. The third-order valence-electron chi connectivity index (χ3n) is 5.50. The van der Waals surface area contributed by atoms with Crippen molar-refractivity contribution in [1.82, 2.24) is 9.80 Å². The third kappa shape index (κ3) is 5.26. The van der Waals surface area contributed by atoms with Crippen LogP contribution in [0.4, 0.5) is 5.69 Å². The van der Waals surface area contributed by atoms with Gasteiger partial charge in [0.15, 0.2) is 0 Å². The lowest BCUT2D eigenvalue weighted by molar-refractivity contribution is 0.0538. The molecule has 2 heterocycles. The molecule has 0 bridgehead atoms. The van der Waals surface area contributed by atoms with Crippen LogP contribution in [-0.4, -0.2) is 56.2 Å². The summed E-state index contributed by atoms with van der Waals surface area (Å²) in [6, 6.07) is 16.8. The summed E-state index contributed by atoms with van der Waals surface area (Å²) in [7, 11) is -3.83. The van der Waals surface area contributed by atoms with E-state index in [0.717, 1.165) is 10.4 Å². The van der Waals surface area contributed by atoms with E-state index in [-0.39, 0.29) is 16.7 Å². The van der Waals surface area contributed by atoms with Crippen LogP contribution >= 0.6 is 11.3 Å². The van der Waals surface area contributed by atoms with Crippen molar-refractivity contribution in [3.63, 3.8) is 0 Å². The molecule has 9 heteroatoms. The number of nitrogens with zero attached hydrogens (tertiary/aromatic N) is 2. The lowest BCUT2D eigenvalue weighted by Crippen LogP contribution is -2.50. The molecule has 33 heavy (non-hydrogen) atoms. The number of sulfonamides is 1. The van der Waals surface area contributed by atoms with Gasteiger partial charge < -0.3 is 9.80 Å². The van der Waals surface area contributed by atoms with Crippen LogP contribution in [0.25, 0.3) is 0 Å². The molecule has 1 aliphatic heterocycles. The van der Waals surface area contributed by atoms with E-state index in [1.807, 2.05) is 38.1 Å². The molecule has 4 rings (SSSR count). The third-order valence-corrected chi connectivity index (χ3v) is 7.87. The Kier molecular flexibility index (Phi) is 6.53. The number of piperazine rings is 1. The average Bonchev–Trinajstić information content (AvgIpc) is 3.26. The highest BCUT2D eigenvalue weighted by Gasteiger charge is 2.27. The van der Waals surface area contributed by atoms with Crippen molar-refractivity contribution in [2.45, 2.75) is 18.7 Å². The quantitative estimate of drug-likeness (QED) is 0.599. The van der Waals surface area contributed by atoms with Gasteiger partial charge in [-0.2, -0.15) is 0 Å². The van der Waals surface area contributed by atoms with Gasteiger partial charge in [-0.05, 0) is 56.3 Å². The van der Waals surface area contributed by atoms with Crippen molar-refractivity contribution in [2.75, 3.05) is 30.9 Å². The molecular formula is C24H25N3O4S2. The van der Waals surface area contributed by atoms with Crippen LogP contribution < -0.4 is 4.72 Å². The normalized spacial score (nSPS) is 14.2. The number of thiophene rings is 1. The van der Waals surface area contributed by atoms with Gasteiger partial charge in [-0.15, -0.1) is 11.3 Å². The summed E-state index contributed by atoms with van der Waals surface area (Å²) in [5.41, 5.74) is 1.78. The van der Waals surface area contributed by atoms with Crippen LogP contribution in [0.5, 0.6) is 0 Å². The average molecular weight is 484 g/mol. The predicted octanol–water partition coefficient (Wildman–Crippen LogP) is 3.76. The van der Waals surface area contributed by atoms with E-state index in [2.05, 4.69) is 4.72 Å². The smallest absolute Gasteiger partial charge is 0.264 e. The summed E-state index contributed by atoms with van der Waals surface area (Å²) in [5.74, 6) is -0.267. The maximum Gasteiger partial charge on any atom is 0.264 e. The Labute approximate surface area is 197 Å². The maximum atomic E-state index is 13.0. The van der Waals surface area contributed by atoms with Gasteiger partial charge in [0.25, 0.3) is 21.8 Å². The molecule has 2 amide bonds. The van der Waals surface area contributed by atoms with Crippen molar-refractivity contribution in [3.8, 4) is 0 Å². The summed E-state index contributed by atoms with van der Waals surface area (Å²) >= 11 is 1.46. The van der Waals surface area contributed by atoms with E-state index < -0.39 is 10.0 Å². The maximum absolute atomic E-state index is 13.0. The first-order valence-corrected chi connectivity index (χ1v) is 12.9. The highest BCUT2D eigenvalue weighted by atomic mass is 32.2. The van der Waals surface area contributed by atoms with Crippen molar-refractivity contribution in [2.24, 2.45) is 0 Å². The summed E-state index contributed by atoms with van der Waals surface area (Å²) in [5, 5.41) is 0. The highest BCUT2D eigenvalue weighted by molar-refractivity contribution is 7.92. The molecule has 1 N–H and O–H groups in total. The van der Waals surface area contributed by atoms with Crippen molar-refractivity contribution in [1.29, 1.82) is 0 Å². The number of carbonyl (C=O) groups is 2. The Balaban J connectivity index is 1.42. The second kappa shape index (κ2) is 9.36. The standard InChI is InChI=1S/C24H25N3O4S2/c1-17-6-9-20(10-7-17)25-33(30,31)21-5-3-4-19(16-21)23(28)26-12-14-27(15-13-26)24(29)22-11-8-18(2)32-22/h3-11,16,25H,12-15H2,1-2H3. The topological polar surface area (TPSA) is 86.8 Å². The molecule has 1 fully saturated rings. The summed E-state index contributed by atoms with van der Waals surface area (Å²) in [4.78, 5) is 30.9. The zero-order valence-electron chi connectivity index (χ0n) is 18.4. The van der Waals surface area contributed by atoms with Crippen LogP contribution in [0.1, 0.15) is 30.5 Å². The van der Waals surface area contributed by atoms with Crippen LogP contribution in [0.2, 0.25) is 0 Å². The van der Waals surface area contributed by atoms with Gasteiger partial charge in [0, 0.05) is 42.3 Å². The first-order valence-electron chi connectivity index (χ1n) is 10.6. The van der Waals surface area contributed by atoms with Gasteiger partial charge in [0.1, 0.15) is 0 Å². The zero-order valence-corrected chi connectivity index (χ0v) is 20.1. The van der Waals surface area contributed by atoms with Gasteiger partial charge in [0.2, 0.25) is 0 Å². The second-order valence-corrected chi connectivity index (χ2v) is 11.0. The van der Waals surface area contributed by atoms with Gasteiger partial charge in [0.05, 0.1) is 9.77 Å². The number of rotatable bonds is 5. The number of anilines is 1. The minimum absolute atomic E-state index is 0.0181. The fourth-order valence-electron chi connectivity index (χ4n) is 3.63. The largest absolute Gasteiger partial charge is 0.335 e. The Bertz CT molecular complexity index is 1280. The Hall–Kier alpha value is -3.17. The van der Waals surface area contributed by atoms with E-state index in [9.17, 15) is 18.0 Å².